The maximum atomic E-state index is 13.5. The van der Waals surface area contributed by atoms with Gasteiger partial charge in [-0.25, -0.2) is 13.1 Å². The predicted molar refractivity (Wildman–Crippen MR) is 147 cm³/mol. The molecule has 0 atom stereocenters. The lowest BCUT2D eigenvalue weighted by atomic mass is 10.1. The van der Waals surface area contributed by atoms with E-state index in [-0.39, 0.29) is 24.1 Å². The smallest absolute Gasteiger partial charge is 0.255 e. The van der Waals surface area contributed by atoms with E-state index in [0.717, 1.165) is 31.5 Å². The summed E-state index contributed by atoms with van der Waals surface area (Å²) in [7, 11) is -0.771. The molecule has 0 aliphatic carbocycles. The van der Waals surface area contributed by atoms with Crippen molar-refractivity contribution in [1.29, 1.82) is 0 Å². The van der Waals surface area contributed by atoms with Gasteiger partial charge in [-0.05, 0) is 73.4 Å². The predicted octanol–water partition coefficient (Wildman–Crippen LogP) is 3.81. The first-order valence-corrected chi connectivity index (χ1v) is 14.2. The topological polar surface area (TPSA) is 115 Å². The molecule has 3 aromatic carbocycles. The van der Waals surface area contributed by atoms with Gasteiger partial charge in [-0.2, -0.15) is 0 Å². The summed E-state index contributed by atoms with van der Waals surface area (Å²) in [5.74, 6) is 1.88. The number of benzene rings is 3. The molecule has 39 heavy (non-hydrogen) atoms. The average Bonchev–Trinajstić information content (AvgIpc) is 3.65. The van der Waals surface area contributed by atoms with Crippen LogP contribution in [-0.4, -0.2) is 55.0 Å². The lowest BCUT2D eigenvalue weighted by Crippen LogP contribution is -2.29. The summed E-state index contributed by atoms with van der Waals surface area (Å²) in [6.45, 7) is 1.85. The second-order valence-electron chi connectivity index (χ2n) is 9.24. The average molecular weight is 554 g/mol. The van der Waals surface area contributed by atoms with Gasteiger partial charge in [0, 0.05) is 30.9 Å². The number of fused-ring (bicyclic) bond motifs is 1. The number of anilines is 2. The minimum Gasteiger partial charge on any atom is -0.493 e. The van der Waals surface area contributed by atoms with Gasteiger partial charge in [-0.3, -0.25) is 4.79 Å². The summed E-state index contributed by atoms with van der Waals surface area (Å²) in [5, 5.41) is 2.81. The Bertz CT molecular complexity index is 1470. The van der Waals surface area contributed by atoms with Gasteiger partial charge in [0.05, 0.1) is 19.9 Å². The van der Waals surface area contributed by atoms with Crippen LogP contribution < -0.4 is 33.9 Å². The van der Waals surface area contributed by atoms with Crippen LogP contribution in [0.4, 0.5) is 11.4 Å². The summed E-state index contributed by atoms with van der Waals surface area (Å²) >= 11 is 0. The highest BCUT2D eigenvalue weighted by atomic mass is 32.2. The van der Waals surface area contributed by atoms with Crippen molar-refractivity contribution in [2.45, 2.75) is 24.2 Å². The van der Waals surface area contributed by atoms with Gasteiger partial charge in [0.2, 0.25) is 16.8 Å². The number of sulfonamides is 1. The van der Waals surface area contributed by atoms with E-state index < -0.39 is 10.0 Å². The zero-order chi connectivity index (χ0) is 27.4. The lowest BCUT2D eigenvalue weighted by molar-refractivity contribution is 0.102. The highest BCUT2D eigenvalue weighted by molar-refractivity contribution is 7.89. The van der Waals surface area contributed by atoms with Crippen LogP contribution in [0.2, 0.25) is 0 Å². The van der Waals surface area contributed by atoms with E-state index in [0.29, 0.717) is 46.4 Å². The van der Waals surface area contributed by atoms with E-state index in [1.54, 1.807) is 50.6 Å². The minimum absolute atomic E-state index is 0.110. The van der Waals surface area contributed by atoms with Crippen LogP contribution in [0.3, 0.4) is 0 Å². The Morgan fingerprint density at radius 3 is 2.46 bits per heavy atom. The van der Waals surface area contributed by atoms with Crippen molar-refractivity contribution >= 4 is 27.3 Å². The number of nitrogens with zero attached hydrogens (tertiary/aromatic N) is 1. The van der Waals surface area contributed by atoms with Gasteiger partial charge in [0.15, 0.2) is 23.0 Å². The molecule has 0 bridgehead atoms. The third kappa shape index (κ3) is 5.89. The van der Waals surface area contributed by atoms with Gasteiger partial charge in [0.25, 0.3) is 5.91 Å². The molecule has 0 unspecified atom stereocenters. The van der Waals surface area contributed by atoms with Gasteiger partial charge >= 0.3 is 0 Å². The van der Waals surface area contributed by atoms with Crippen LogP contribution in [-0.2, 0) is 16.4 Å². The van der Waals surface area contributed by atoms with E-state index >= 15 is 0 Å². The molecule has 2 aliphatic heterocycles. The SMILES string of the molecule is COc1ccc(CCNS(=O)(=O)c2cc(NC(=O)c3ccc4c(c3)OCO4)ccc2N2CCCC2)cc1OC. The molecule has 1 amide bonds. The Morgan fingerprint density at radius 1 is 0.923 bits per heavy atom. The van der Waals surface area contributed by atoms with Crippen LogP contribution in [0.5, 0.6) is 23.0 Å². The molecule has 10 nitrogen and oxygen atoms in total. The highest BCUT2D eigenvalue weighted by Crippen LogP contribution is 2.34. The van der Waals surface area contributed by atoms with Crippen molar-refractivity contribution < 1.29 is 32.2 Å². The fourth-order valence-electron chi connectivity index (χ4n) is 4.71. The number of ether oxygens (including phenoxy) is 4. The molecule has 5 rings (SSSR count). The molecule has 0 aromatic heterocycles. The Morgan fingerprint density at radius 2 is 1.69 bits per heavy atom. The van der Waals surface area contributed by atoms with Gasteiger partial charge in [-0.1, -0.05) is 6.07 Å². The monoisotopic (exact) mass is 553 g/mol. The molecule has 0 saturated carbocycles. The van der Waals surface area contributed by atoms with E-state index in [1.165, 1.54) is 6.07 Å². The number of carbonyl (C=O) groups excluding carboxylic acids is 1. The van der Waals surface area contributed by atoms with Crippen molar-refractivity contribution in [3.8, 4) is 23.0 Å². The first-order valence-electron chi connectivity index (χ1n) is 12.7. The number of amides is 1. The van der Waals surface area contributed by atoms with Crippen LogP contribution in [0, 0.1) is 0 Å². The molecule has 206 valence electrons. The van der Waals surface area contributed by atoms with Crippen molar-refractivity contribution in [2.75, 3.05) is 50.9 Å². The molecule has 11 heteroatoms. The number of nitrogens with one attached hydrogen (secondary N) is 2. The molecule has 2 heterocycles. The molecule has 2 aliphatic rings. The quantitative estimate of drug-likeness (QED) is 0.390. The fraction of sp³-hybridized carbons (Fsp3) is 0.321. The summed E-state index contributed by atoms with van der Waals surface area (Å²) in [4.78, 5) is 15.1. The standard InChI is InChI=1S/C28H31N3O7S/c1-35-23-9-5-19(15-25(23)36-2)11-12-29-39(33,34)27-17-21(7-8-22(27)31-13-3-4-14-31)30-28(32)20-6-10-24-26(16-20)38-18-37-24/h5-10,15-17,29H,3-4,11-14,18H2,1-2H3,(H,30,32). The summed E-state index contributed by atoms with van der Waals surface area (Å²) in [5.41, 5.74) is 2.27. The molecular weight excluding hydrogens is 522 g/mol. The normalized spacial score (nSPS) is 14.4. The second kappa shape index (κ2) is 11.4. The van der Waals surface area contributed by atoms with Crippen LogP contribution in [0.1, 0.15) is 28.8 Å². The number of carbonyl (C=O) groups is 1. The molecule has 1 saturated heterocycles. The van der Waals surface area contributed by atoms with Crippen LogP contribution in [0.25, 0.3) is 0 Å². The van der Waals surface area contributed by atoms with E-state index in [2.05, 4.69) is 14.9 Å². The van der Waals surface area contributed by atoms with Gasteiger partial charge < -0.3 is 29.2 Å². The largest absolute Gasteiger partial charge is 0.493 e. The van der Waals surface area contributed by atoms with Gasteiger partial charge in [0.1, 0.15) is 4.90 Å². The maximum absolute atomic E-state index is 13.5. The van der Waals surface area contributed by atoms with Crippen molar-refractivity contribution in [2.24, 2.45) is 0 Å². The molecular formula is C28H31N3O7S. The molecule has 1 fully saturated rings. The van der Waals surface area contributed by atoms with E-state index in [1.807, 2.05) is 12.1 Å². The van der Waals surface area contributed by atoms with E-state index in [9.17, 15) is 13.2 Å². The highest BCUT2D eigenvalue weighted by Gasteiger charge is 2.25. The van der Waals surface area contributed by atoms with Crippen molar-refractivity contribution in [3.05, 3.63) is 65.7 Å². The Labute approximate surface area is 227 Å². The van der Waals surface area contributed by atoms with Crippen molar-refractivity contribution in [3.63, 3.8) is 0 Å². The third-order valence-corrected chi connectivity index (χ3v) is 8.23. The van der Waals surface area contributed by atoms with Crippen LogP contribution in [0.15, 0.2) is 59.5 Å². The maximum Gasteiger partial charge on any atom is 0.255 e. The zero-order valence-corrected chi connectivity index (χ0v) is 22.7. The third-order valence-electron chi connectivity index (χ3n) is 6.74. The minimum atomic E-state index is -3.89. The summed E-state index contributed by atoms with van der Waals surface area (Å²) < 4.78 is 51.1. The van der Waals surface area contributed by atoms with Crippen molar-refractivity contribution in [1.82, 2.24) is 4.72 Å². The summed E-state index contributed by atoms with van der Waals surface area (Å²) in [6, 6.07) is 15.4. The number of rotatable bonds is 10. The fourth-order valence-corrected chi connectivity index (χ4v) is 5.99. The molecule has 0 spiro atoms. The van der Waals surface area contributed by atoms with Gasteiger partial charge in [-0.15, -0.1) is 0 Å². The Balaban J connectivity index is 1.34. The summed E-state index contributed by atoms with van der Waals surface area (Å²) in [6.07, 6.45) is 2.45. The lowest BCUT2D eigenvalue weighted by Gasteiger charge is -2.22. The Kier molecular flexibility index (Phi) is 7.80. The van der Waals surface area contributed by atoms with E-state index in [4.69, 9.17) is 18.9 Å². The first-order chi connectivity index (χ1) is 18.9. The first kappa shape index (κ1) is 26.6. The van der Waals surface area contributed by atoms with Crippen LogP contribution >= 0.6 is 0 Å². The second-order valence-corrected chi connectivity index (χ2v) is 11.0. The molecule has 3 aromatic rings. The zero-order valence-electron chi connectivity index (χ0n) is 21.9. The molecule has 2 N–H and O–H groups in total. The Hall–Kier alpha value is -3.96. The number of methoxy groups -OCH3 is 2. The number of hydrogen-bond donors (Lipinski definition) is 2. The number of hydrogen-bond acceptors (Lipinski definition) is 8. The molecule has 0 radical (unpaired) electrons.